The number of rotatable bonds is 12. The van der Waals surface area contributed by atoms with Crippen LogP contribution in [0.4, 0.5) is 4.79 Å². The zero-order valence-corrected chi connectivity index (χ0v) is 22.5. The molecular formula is C26H37N3O6S. The molecule has 0 aliphatic carbocycles. The number of nitrogens with one attached hydrogen (secondary N) is 2. The Labute approximate surface area is 219 Å². The van der Waals surface area contributed by atoms with Gasteiger partial charge in [-0.2, -0.15) is 12.6 Å². The van der Waals surface area contributed by atoms with Gasteiger partial charge in [-0.05, 0) is 44.9 Å². The highest BCUT2D eigenvalue weighted by Crippen LogP contribution is 2.24. The zero-order chi connectivity index (χ0) is 27.3. The molecule has 1 rings (SSSR count). The summed E-state index contributed by atoms with van der Waals surface area (Å²) in [4.78, 5) is 52.5. The third-order valence-corrected chi connectivity index (χ3v) is 5.41. The third kappa shape index (κ3) is 10.2. The molecule has 0 aromatic heterocycles. The van der Waals surface area contributed by atoms with Crippen LogP contribution in [0.3, 0.4) is 0 Å². The number of carbonyl (C=O) groups excluding carboxylic acids is 4. The first-order valence-electron chi connectivity index (χ1n) is 11.8. The van der Waals surface area contributed by atoms with E-state index in [0.29, 0.717) is 17.5 Å². The zero-order valence-electron chi connectivity index (χ0n) is 21.6. The minimum Gasteiger partial charge on any atom is -0.468 e. The molecule has 2 N–H and O–H groups in total. The van der Waals surface area contributed by atoms with Crippen LogP contribution in [0.25, 0.3) is 0 Å². The molecule has 0 aliphatic heterocycles. The molecule has 1 aromatic rings. The average Bonchev–Trinajstić information content (AvgIpc) is 2.83. The van der Waals surface area contributed by atoms with Gasteiger partial charge in [0, 0.05) is 17.9 Å². The predicted octanol–water partition coefficient (Wildman–Crippen LogP) is 2.84. The van der Waals surface area contributed by atoms with Crippen molar-refractivity contribution in [1.29, 1.82) is 0 Å². The highest BCUT2D eigenvalue weighted by molar-refractivity contribution is 7.80. The van der Waals surface area contributed by atoms with E-state index in [0.717, 1.165) is 12.8 Å². The fraction of sp³-hybridized carbons (Fsp3) is 0.538. The van der Waals surface area contributed by atoms with Gasteiger partial charge in [0.25, 0.3) is 0 Å². The van der Waals surface area contributed by atoms with Crippen molar-refractivity contribution in [3.63, 3.8) is 0 Å². The number of carbonyl (C=O) groups is 4. The monoisotopic (exact) mass is 519 g/mol. The van der Waals surface area contributed by atoms with Crippen molar-refractivity contribution < 1.29 is 28.7 Å². The first kappa shape index (κ1) is 30.8. The van der Waals surface area contributed by atoms with E-state index in [1.807, 2.05) is 6.92 Å². The van der Waals surface area contributed by atoms with Gasteiger partial charge in [-0.1, -0.05) is 37.8 Å². The van der Waals surface area contributed by atoms with E-state index in [4.69, 9.17) is 11.2 Å². The second kappa shape index (κ2) is 15.0. The smallest absolute Gasteiger partial charge is 0.408 e. The molecule has 36 heavy (non-hydrogen) atoms. The molecule has 0 bridgehead atoms. The molecule has 2 unspecified atom stereocenters. The number of thiol groups is 1. The lowest BCUT2D eigenvalue weighted by Crippen LogP contribution is -2.54. The molecule has 0 aliphatic rings. The van der Waals surface area contributed by atoms with Crippen LogP contribution in [0, 0.1) is 12.3 Å². The Morgan fingerprint density at radius 1 is 1.14 bits per heavy atom. The second-order valence-corrected chi connectivity index (χ2v) is 9.45. The van der Waals surface area contributed by atoms with E-state index in [1.54, 1.807) is 45.0 Å². The molecule has 198 valence electrons. The van der Waals surface area contributed by atoms with Crippen LogP contribution in [0.15, 0.2) is 24.3 Å². The number of amides is 3. The summed E-state index contributed by atoms with van der Waals surface area (Å²) in [6, 6.07) is 4.52. The lowest BCUT2D eigenvalue weighted by molar-refractivity contribution is -0.144. The lowest BCUT2D eigenvalue weighted by Gasteiger charge is -2.34. The van der Waals surface area contributed by atoms with Gasteiger partial charge in [0.1, 0.15) is 24.2 Å². The van der Waals surface area contributed by atoms with E-state index >= 15 is 0 Å². The number of ether oxygens (including phenoxy) is 2. The molecule has 3 amide bonds. The molecule has 0 fully saturated rings. The Balaban J connectivity index is 3.40. The number of hydrogen-bond acceptors (Lipinski definition) is 7. The maximum absolute atomic E-state index is 13.7. The minimum absolute atomic E-state index is 0.0190. The highest BCUT2D eigenvalue weighted by Gasteiger charge is 2.35. The van der Waals surface area contributed by atoms with Crippen LogP contribution >= 0.6 is 12.6 Å². The Kier molecular flexibility index (Phi) is 12.9. The van der Waals surface area contributed by atoms with Crippen molar-refractivity contribution in [2.45, 2.75) is 64.6 Å². The number of unbranched alkanes of at least 4 members (excludes halogenated alkanes) is 2. The first-order chi connectivity index (χ1) is 17.0. The molecule has 0 radical (unpaired) electrons. The van der Waals surface area contributed by atoms with Gasteiger partial charge in [-0.15, -0.1) is 6.42 Å². The molecule has 0 saturated heterocycles. The van der Waals surface area contributed by atoms with Crippen molar-refractivity contribution in [1.82, 2.24) is 15.5 Å². The normalized spacial score (nSPS) is 12.5. The van der Waals surface area contributed by atoms with Gasteiger partial charge in [0.2, 0.25) is 11.8 Å². The maximum atomic E-state index is 13.7. The second-order valence-electron chi connectivity index (χ2n) is 9.08. The first-order valence-corrected chi connectivity index (χ1v) is 12.4. The topological polar surface area (TPSA) is 114 Å². The number of hydrogen-bond donors (Lipinski definition) is 3. The summed E-state index contributed by atoms with van der Waals surface area (Å²) in [5, 5.41) is 5.09. The number of alkyl carbamates (subject to hydrolysis) is 1. The summed E-state index contributed by atoms with van der Waals surface area (Å²) in [5.41, 5.74) is 0.344. The van der Waals surface area contributed by atoms with Crippen LogP contribution < -0.4 is 10.6 Å². The average molecular weight is 520 g/mol. The van der Waals surface area contributed by atoms with E-state index in [9.17, 15) is 19.2 Å². The maximum Gasteiger partial charge on any atom is 0.408 e. The molecular weight excluding hydrogens is 482 g/mol. The van der Waals surface area contributed by atoms with Crippen LogP contribution in [0.5, 0.6) is 0 Å². The summed E-state index contributed by atoms with van der Waals surface area (Å²) in [6.45, 7) is 7.03. The van der Waals surface area contributed by atoms with Crippen molar-refractivity contribution >= 4 is 36.5 Å². The Hall–Kier alpha value is -3.19. The summed E-state index contributed by atoms with van der Waals surface area (Å²) in [6.07, 6.45) is 7.03. The van der Waals surface area contributed by atoms with Gasteiger partial charge in [-0.25, -0.2) is 4.79 Å². The Bertz CT molecular complexity index is 936. The van der Waals surface area contributed by atoms with Gasteiger partial charge >= 0.3 is 12.1 Å². The highest BCUT2D eigenvalue weighted by atomic mass is 32.1. The number of esters is 1. The predicted molar refractivity (Wildman–Crippen MR) is 140 cm³/mol. The molecule has 0 spiro atoms. The molecule has 0 saturated carbocycles. The number of benzene rings is 1. The van der Waals surface area contributed by atoms with Crippen molar-refractivity contribution in [3.05, 3.63) is 35.4 Å². The Morgan fingerprint density at radius 3 is 2.28 bits per heavy atom. The standard InChI is InChI=1S/C26H37N3O6S/c1-7-9-10-15-29(24(32)20(17-36)28-25(33)35-26(3,4)5)22(23(31)27-16-21(30)34-6)19-13-11-18(8-2)12-14-19/h2,11-14,20,22,36H,7,9-10,15-17H2,1,3-6H3,(H,27,31)(H,28,33). The van der Waals surface area contributed by atoms with Gasteiger partial charge < -0.3 is 25.0 Å². The number of terminal acetylenes is 1. The number of nitrogens with zero attached hydrogens (tertiary/aromatic N) is 1. The van der Waals surface area contributed by atoms with Crippen molar-refractivity contribution in [2.24, 2.45) is 0 Å². The summed E-state index contributed by atoms with van der Waals surface area (Å²) in [5.74, 6) is 0.784. The molecule has 0 heterocycles. The van der Waals surface area contributed by atoms with E-state index in [2.05, 4.69) is 33.9 Å². The van der Waals surface area contributed by atoms with Crippen molar-refractivity contribution in [3.8, 4) is 12.3 Å². The molecule has 10 heteroatoms. The van der Waals surface area contributed by atoms with Crippen LogP contribution in [0.1, 0.15) is 64.1 Å². The fourth-order valence-electron chi connectivity index (χ4n) is 3.30. The molecule has 1 aromatic carbocycles. The quantitative estimate of drug-likeness (QED) is 0.169. The van der Waals surface area contributed by atoms with Crippen LogP contribution in [-0.4, -0.2) is 66.4 Å². The Morgan fingerprint density at radius 2 is 1.78 bits per heavy atom. The van der Waals surface area contributed by atoms with E-state index < -0.39 is 41.6 Å². The van der Waals surface area contributed by atoms with Crippen LogP contribution in [0.2, 0.25) is 0 Å². The van der Waals surface area contributed by atoms with Crippen LogP contribution in [-0.2, 0) is 23.9 Å². The summed E-state index contributed by atoms with van der Waals surface area (Å²) in [7, 11) is 1.21. The van der Waals surface area contributed by atoms with Gasteiger partial charge in [0.15, 0.2) is 0 Å². The SMILES string of the molecule is C#Cc1ccc(C(C(=O)NCC(=O)OC)N(CCCCC)C(=O)C(CS)NC(=O)OC(C)(C)C)cc1. The third-order valence-electron chi connectivity index (χ3n) is 5.05. The number of methoxy groups -OCH3 is 1. The minimum atomic E-state index is -1.09. The molecule has 9 nitrogen and oxygen atoms in total. The van der Waals surface area contributed by atoms with E-state index in [1.165, 1.54) is 12.0 Å². The molecule has 2 atom stereocenters. The summed E-state index contributed by atoms with van der Waals surface area (Å²) < 4.78 is 9.90. The van der Waals surface area contributed by atoms with Crippen molar-refractivity contribution in [2.75, 3.05) is 26.0 Å². The van der Waals surface area contributed by atoms with Gasteiger partial charge in [0.05, 0.1) is 7.11 Å². The largest absolute Gasteiger partial charge is 0.468 e. The lowest BCUT2D eigenvalue weighted by atomic mass is 10.0. The van der Waals surface area contributed by atoms with Gasteiger partial charge in [-0.3, -0.25) is 14.4 Å². The summed E-state index contributed by atoms with van der Waals surface area (Å²) >= 11 is 4.26. The van der Waals surface area contributed by atoms with E-state index in [-0.39, 0.29) is 18.8 Å². The fourth-order valence-corrected chi connectivity index (χ4v) is 3.54.